The molecule has 9 N–H and O–H groups in total. The first-order valence-electron chi connectivity index (χ1n) is 16.4. The second-order valence-corrected chi connectivity index (χ2v) is 12.4. The molecule has 0 radical (unpaired) electrons. The van der Waals surface area contributed by atoms with Crippen molar-refractivity contribution in [1.29, 1.82) is 0 Å². The lowest BCUT2D eigenvalue weighted by Crippen LogP contribution is -2.68. The average molecular weight is 683 g/mol. The molecule has 3 fully saturated rings. The van der Waals surface area contributed by atoms with Crippen molar-refractivity contribution in [2.45, 2.75) is 158 Å². The van der Waals surface area contributed by atoms with E-state index in [0.29, 0.717) is 6.42 Å². The summed E-state index contributed by atoms with van der Waals surface area (Å²) in [5, 5.41) is 78.9. The molecular weight excluding hydrogens is 628 g/mol. The zero-order valence-corrected chi connectivity index (χ0v) is 27.4. The quantitative estimate of drug-likeness (QED) is 0.0742. The molecule has 17 heteroatoms. The van der Waals surface area contributed by atoms with E-state index in [0.717, 1.165) is 32.1 Å². The van der Waals surface area contributed by atoms with Crippen molar-refractivity contribution in [3.63, 3.8) is 0 Å². The Balaban J connectivity index is 1.75. The molecule has 0 saturated carbocycles. The van der Waals surface area contributed by atoms with Gasteiger partial charge >= 0.3 is 0 Å². The second kappa shape index (κ2) is 19.0. The maximum absolute atomic E-state index is 11.9. The summed E-state index contributed by atoms with van der Waals surface area (Å²) in [6.45, 7) is 5.19. The Morgan fingerprint density at radius 1 is 0.660 bits per heavy atom. The van der Waals surface area contributed by atoms with Gasteiger partial charge in [0.05, 0.1) is 25.4 Å². The lowest BCUT2D eigenvalue weighted by molar-refractivity contribution is -0.352. The van der Waals surface area contributed by atoms with Crippen LogP contribution in [0.4, 0.5) is 0 Å². The Hall–Kier alpha value is -1.58. The van der Waals surface area contributed by atoms with E-state index in [4.69, 9.17) is 28.4 Å². The van der Waals surface area contributed by atoms with E-state index in [-0.39, 0.29) is 6.61 Å². The molecule has 3 aliphatic rings. The number of amides is 2. The summed E-state index contributed by atoms with van der Waals surface area (Å²) in [4.78, 5) is 23.8. The predicted molar refractivity (Wildman–Crippen MR) is 160 cm³/mol. The maximum atomic E-state index is 11.9. The molecule has 3 rings (SSSR count). The average Bonchev–Trinajstić information content (AvgIpc) is 3.02. The zero-order valence-electron chi connectivity index (χ0n) is 27.4. The molecule has 17 nitrogen and oxygen atoms in total. The van der Waals surface area contributed by atoms with Gasteiger partial charge in [-0.1, -0.05) is 39.0 Å². The van der Waals surface area contributed by atoms with Gasteiger partial charge in [0, 0.05) is 20.5 Å². The van der Waals surface area contributed by atoms with Crippen LogP contribution in [0.3, 0.4) is 0 Å². The molecule has 0 aromatic heterocycles. The fraction of sp³-hybridized carbons (Fsp3) is 0.933. The number of carbonyl (C=O) groups excluding carboxylic acids is 2. The van der Waals surface area contributed by atoms with Gasteiger partial charge in [0.2, 0.25) is 11.8 Å². The third-order valence-corrected chi connectivity index (χ3v) is 8.61. The molecule has 15 atom stereocenters. The van der Waals surface area contributed by atoms with Crippen LogP contribution in [-0.2, 0) is 38.0 Å². The number of ether oxygens (including phenoxy) is 6. The van der Waals surface area contributed by atoms with E-state index < -0.39 is 117 Å². The molecule has 0 unspecified atom stereocenters. The van der Waals surface area contributed by atoms with Crippen LogP contribution >= 0.6 is 0 Å². The van der Waals surface area contributed by atoms with Crippen LogP contribution in [0.25, 0.3) is 0 Å². The first-order valence-corrected chi connectivity index (χ1v) is 16.4. The molecule has 3 aliphatic heterocycles. The minimum atomic E-state index is -1.65. The molecule has 274 valence electrons. The minimum absolute atomic E-state index is 0.256. The number of unbranched alkanes of at least 4 members (excludes halogenated alkanes) is 5. The van der Waals surface area contributed by atoms with E-state index in [9.17, 15) is 45.3 Å². The second-order valence-electron chi connectivity index (χ2n) is 12.4. The van der Waals surface area contributed by atoms with E-state index in [1.165, 1.54) is 13.8 Å². The summed E-state index contributed by atoms with van der Waals surface area (Å²) in [5.74, 6) is -1.08. The van der Waals surface area contributed by atoms with Crippen molar-refractivity contribution in [2.24, 2.45) is 0 Å². The smallest absolute Gasteiger partial charge is 0.217 e. The topological polar surface area (TPSA) is 255 Å². The van der Waals surface area contributed by atoms with Gasteiger partial charge in [0.15, 0.2) is 18.9 Å². The van der Waals surface area contributed by atoms with E-state index in [2.05, 4.69) is 17.6 Å². The Morgan fingerprint density at radius 2 is 1.26 bits per heavy atom. The van der Waals surface area contributed by atoms with Gasteiger partial charge in [-0.2, -0.15) is 0 Å². The SMILES string of the molecule is CCCCCCCCO[C@@H]1O[C@H](CO[C@H]2O[C@H](C)[C@@H](NC(C)=O)[C@H](O)[C@@H]2O[C@@H]2O[C@H](CO)[C@@H](O)[C@H](O)[C@H]2NC(C)=O)[C@@H](O)[C@H](O)[C@H]1O. The van der Waals surface area contributed by atoms with Gasteiger partial charge < -0.3 is 74.8 Å². The third-order valence-electron chi connectivity index (χ3n) is 8.61. The van der Waals surface area contributed by atoms with Crippen molar-refractivity contribution < 1.29 is 73.8 Å². The van der Waals surface area contributed by atoms with Crippen LogP contribution < -0.4 is 10.6 Å². The van der Waals surface area contributed by atoms with Crippen molar-refractivity contribution in [3.05, 3.63) is 0 Å². The number of hydrogen-bond acceptors (Lipinski definition) is 15. The standard InChI is InChI=1S/C30H54N2O15/c1-5-6-7-8-9-10-11-42-29-26(41)25(40)22(37)18(46-29)13-43-30-27(24(39)19(14(2)44-30)31-15(3)34)47-28-20(32-16(4)35)23(38)21(36)17(12-33)45-28/h14,17-30,33,36-41H,5-13H2,1-4H3,(H,31,34)(H,32,35)/t14-,17-,18-,19-,20-,21-,22-,23-,24+,25+,26-,27+,28+,29-,30+/m1/s1. The highest BCUT2D eigenvalue weighted by Gasteiger charge is 2.52. The summed E-state index contributed by atoms with van der Waals surface area (Å²) in [6, 6.07) is -2.38. The highest BCUT2D eigenvalue weighted by atomic mass is 16.8. The molecular formula is C30H54N2O15. The van der Waals surface area contributed by atoms with Crippen molar-refractivity contribution in [3.8, 4) is 0 Å². The van der Waals surface area contributed by atoms with E-state index >= 15 is 0 Å². The predicted octanol–water partition coefficient (Wildman–Crippen LogP) is -2.87. The molecule has 47 heavy (non-hydrogen) atoms. The summed E-state index contributed by atoms with van der Waals surface area (Å²) in [7, 11) is 0. The largest absolute Gasteiger partial charge is 0.394 e. The van der Waals surface area contributed by atoms with Gasteiger partial charge in [0.1, 0.15) is 61.0 Å². The highest BCUT2D eigenvalue weighted by Crippen LogP contribution is 2.31. The van der Waals surface area contributed by atoms with Gasteiger partial charge in [-0.15, -0.1) is 0 Å². The van der Waals surface area contributed by atoms with Crippen LogP contribution in [0.15, 0.2) is 0 Å². The van der Waals surface area contributed by atoms with Crippen molar-refractivity contribution in [2.75, 3.05) is 19.8 Å². The van der Waals surface area contributed by atoms with Crippen LogP contribution in [0, 0.1) is 0 Å². The fourth-order valence-electron chi connectivity index (χ4n) is 5.94. The first-order chi connectivity index (χ1) is 22.3. The summed E-state index contributed by atoms with van der Waals surface area (Å²) >= 11 is 0. The molecule has 3 saturated heterocycles. The van der Waals surface area contributed by atoms with Crippen LogP contribution in [0.1, 0.15) is 66.2 Å². The number of aliphatic hydroxyl groups excluding tert-OH is 7. The summed E-state index contributed by atoms with van der Waals surface area (Å²) in [6.07, 6.45) is -12.6. The van der Waals surface area contributed by atoms with Gasteiger partial charge in [0.25, 0.3) is 0 Å². The van der Waals surface area contributed by atoms with Crippen molar-refractivity contribution >= 4 is 11.8 Å². The number of aliphatic hydroxyl groups is 7. The Labute approximate surface area is 274 Å². The molecule has 0 aromatic rings. The van der Waals surface area contributed by atoms with Gasteiger partial charge in [-0.3, -0.25) is 9.59 Å². The molecule has 0 bridgehead atoms. The molecule has 2 amide bonds. The third kappa shape index (κ3) is 10.7. The zero-order chi connectivity index (χ0) is 34.8. The Morgan fingerprint density at radius 3 is 1.89 bits per heavy atom. The maximum Gasteiger partial charge on any atom is 0.217 e. The van der Waals surface area contributed by atoms with Crippen LogP contribution in [0.2, 0.25) is 0 Å². The molecule has 3 heterocycles. The van der Waals surface area contributed by atoms with Crippen LogP contribution in [0.5, 0.6) is 0 Å². The van der Waals surface area contributed by atoms with Gasteiger partial charge in [-0.25, -0.2) is 0 Å². The van der Waals surface area contributed by atoms with Gasteiger partial charge in [-0.05, 0) is 13.3 Å². The molecule has 0 aliphatic carbocycles. The molecule has 0 aromatic carbocycles. The number of rotatable bonds is 16. The summed E-state index contributed by atoms with van der Waals surface area (Å²) in [5.41, 5.74) is 0. The van der Waals surface area contributed by atoms with Crippen molar-refractivity contribution in [1.82, 2.24) is 10.6 Å². The minimum Gasteiger partial charge on any atom is -0.394 e. The normalized spacial score (nSPS) is 41.0. The monoisotopic (exact) mass is 682 g/mol. The number of hydrogen-bond donors (Lipinski definition) is 9. The highest BCUT2D eigenvalue weighted by molar-refractivity contribution is 5.73. The number of carbonyl (C=O) groups is 2. The lowest BCUT2D eigenvalue weighted by atomic mass is 9.94. The fourth-order valence-corrected chi connectivity index (χ4v) is 5.94. The lowest BCUT2D eigenvalue weighted by Gasteiger charge is -2.48. The number of nitrogens with one attached hydrogen (secondary N) is 2. The molecule has 0 spiro atoms. The first kappa shape index (κ1) is 39.9. The van der Waals surface area contributed by atoms with E-state index in [1.54, 1.807) is 6.92 Å². The Bertz CT molecular complexity index is 964. The van der Waals surface area contributed by atoms with Crippen LogP contribution in [-0.4, -0.2) is 159 Å². The van der Waals surface area contributed by atoms with E-state index in [1.807, 2.05) is 0 Å². The Kier molecular flexibility index (Phi) is 16.1. The summed E-state index contributed by atoms with van der Waals surface area (Å²) < 4.78 is 35.0.